The first kappa shape index (κ1) is 11.3. The summed E-state index contributed by atoms with van der Waals surface area (Å²) in [6.45, 7) is 8.06. The molecule has 2 aromatic heterocycles. The molecule has 0 spiro atoms. The summed E-state index contributed by atoms with van der Waals surface area (Å²) < 4.78 is 2.75. The molecule has 0 unspecified atom stereocenters. The van der Waals surface area contributed by atoms with E-state index >= 15 is 0 Å². The lowest BCUT2D eigenvalue weighted by Gasteiger charge is -2.23. The van der Waals surface area contributed by atoms with Gasteiger partial charge in [-0.05, 0) is 36.7 Å². The maximum atomic E-state index is 4.41. The van der Waals surface area contributed by atoms with Gasteiger partial charge in [0.1, 0.15) is 0 Å². The van der Waals surface area contributed by atoms with Crippen molar-refractivity contribution >= 4 is 27.4 Å². The molecule has 16 heavy (non-hydrogen) atoms. The van der Waals surface area contributed by atoms with Gasteiger partial charge in [-0.15, -0.1) is 5.10 Å². The Hall–Kier alpha value is -1.17. The summed E-state index contributed by atoms with van der Waals surface area (Å²) in [6, 6.07) is 0. The van der Waals surface area contributed by atoms with Gasteiger partial charge in [0, 0.05) is 13.1 Å². The normalized spacial score (nSPS) is 11.0. The monoisotopic (exact) mass is 283 g/mol. The van der Waals surface area contributed by atoms with E-state index in [9.17, 15) is 0 Å². The van der Waals surface area contributed by atoms with Gasteiger partial charge in [-0.3, -0.25) is 0 Å². The van der Waals surface area contributed by atoms with Crippen molar-refractivity contribution in [2.45, 2.75) is 20.8 Å². The number of hydrogen-bond donors (Lipinski definition) is 0. The molecule has 0 N–H and O–H groups in total. The second-order valence-corrected chi connectivity index (χ2v) is 4.30. The van der Waals surface area contributed by atoms with Gasteiger partial charge in [0.25, 0.3) is 0 Å². The van der Waals surface area contributed by atoms with E-state index in [0.717, 1.165) is 34.7 Å². The Balaban J connectivity index is 2.73. The van der Waals surface area contributed by atoms with Gasteiger partial charge in [0.05, 0.1) is 16.4 Å². The minimum Gasteiger partial charge on any atom is -0.356 e. The average Bonchev–Trinajstić information content (AvgIpc) is 2.72. The summed E-state index contributed by atoms with van der Waals surface area (Å²) in [6.07, 6.45) is 1.67. The number of nitrogens with zero attached hydrogens (tertiary/aromatic N) is 5. The van der Waals surface area contributed by atoms with Crippen molar-refractivity contribution in [1.29, 1.82) is 0 Å². The highest BCUT2D eigenvalue weighted by Crippen LogP contribution is 2.28. The first-order chi connectivity index (χ1) is 7.69. The maximum absolute atomic E-state index is 4.41. The van der Waals surface area contributed by atoms with E-state index in [1.807, 2.05) is 6.92 Å². The van der Waals surface area contributed by atoms with E-state index < -0.39 is 0 Å². The second-order valence-electron chi connectivity index (χ2n) is 3.51. The average molecular weight is 284 g/mol. The van der Waals surface area contributed by atoms with Crippen LogP contribution in [0.5, 0.6) is 0 Å². The van der Waals surface area contributed by atoms with Crippen LogP contribution in [0.3, 0.4) is 0 Å². The lowest BCUT2D eigenvalue weighted by molar-refractivity contribution is 0.766. The molecule has 2 aromatic rings. The molecule has 0 saturated carbocycles. The summed E-state index contributed by atoms with van der Waals surface area (Å²) >= 11 is 3.58. The number of halogens is 1. The van der Waals surface area contributed by atoms with Crippen LogP contribution in [0.15, 0.2) is 10.7 Å². The van der Waals surface area contributed by atoms with Gasteiger partial charge < -0.3 is 4.90 Å². The molecule has 2 heterocycles. The smallest absolute Gasteiger partial charge is 0.178 e. The highest BCUT2D eigenvalue weighted by Gasteiger charge is 2.16. The Morgan fingerprint density at radius 3 is 2.69 bits per heavy atom. The molecule has 2 rings (SSSR count). The molecule has 0 aliphatic rings. The molecule has 0 aromatic carbocycles. The molecule has 6 heteroatoms. The van der Waals surface area contributed by atoms with E-state index in [0.29, 0.717) is 0 Å². The van der Waals surface area contributed by atoms with Crippen LogP contribution in [0.4, 0.5) is 5.82 Å². The highest BCUT2D eigenvalue weighted by atomic mass is 79.9. The van der Waals surface area contributed by atoms with Crippen molar-refractivity contribution in [3.05, 3.63) is 16.4 Å². The van der Waals surface area contributed by atoms with Crippen molar-refractivity contribution < 1.29 is 0 Å². The third-order valence-corrected chi connectivity index (χ3v) is 3.52. The third-order valence-electron chi connectivity index (χ3n) is 2.59. The fraction of sp³-hybridized carbons (Fsp3) is 0.500. The van der Waals surface area contributed by atoms with Crippen LogP contribution in [-0.4, -0.2) is 32.9 Å². The molecular formula is C10H14BrN5. The van der Waals surface area contributed by atoms with Crippen molar-refractivity contribution in [3.63, 3.8) is 0 Å². The molecule has 0 aliphatic carbocycles. The van der Waals surface area contributed by atoms with Gasteiger partial charge in [-0.2, -0.15) is 4.52 Å². The Bertz CT molecular complexity index is 503. The van der Waals surface area contributed by atoms with Crippen molar-refractivity contribution in [2.75, 3.05) is 18.0 Å². The summed E-state index contributed by atoms with van der Waals surface area (Å²) in [5.74, 6) is 1.02. The zero-order valence-corrected chi connectivity index (χ0v) is 11.2. The summed E-state index contributed by atoms with van der Waals surface area (Å²) in [5, 5.41) is 7.97. The van der Waals surface area contributed by atoms with Crippen LogP contribution in [0, 0.1) is 6.92 Å². The van der Waals surface area contributed by atoms with Gasteiger partial charge >= 0.3 is 0 Å². The molecule has 0 amide bonds. The predicted octanol–water partition coefficient (Wildman–Crippen LogP) is 2.04. The zero-order chi connectivity index (χ0) is 11.7. The van der Waals surface area contributed by atoms with Crippen LogP contribution in [0.1, 0.15) is 19.5 Å². The molecule has 0 bridgehead atoms. The topological polar surface area (TPSA) is 46.3 Å². The lowest BCUT2D eigenvalue weighted by Crippen LogP contribution is -2.25. The molecule has 0 saturated heterocycles. The molecule has 0 fully saturated rings. The molecule has 0 atom stereocenters. The van der Waals surface area contributed by atoms with E-state index in [2.05, 4.69) is 50.0 Å². The van der Waals surface area contributed by atoms with Gasteiger partial charge in [-0.25, -0.2) is 4.98 Å². The number of anilines is 1. The molecule has 0 aliphatic heterocycles. The van der Waals surface area contributed by atoms with Crippen molar-refractivity contribution in [2.24, 2.45) is 0 Å². The fourth-order valence-corrected chi connectivity index (χ4v) is 2.24. The minimum absolute atomic E-state index is 0.780. The maximum Gasteiger partial charge on any atom is 0.178 e. The largest absolute Gasteiger partial charge is 0.356 e. The number of aryl methyl sites for hydroxylation is 1. The minimum atomic E-state index is 0.780. The zero-order valence-electron chi connectivity index (χ0n) is 9.61. The van der Waals surface area contributed by atoms with Gasteiger partial charge in [0.2, 0.25) is 0 Å². The summed E-state index contributed by atoms with van der Waals surface area (Å²) in [7, 11) is 0. The Labute approximate surface area is 103 Å². The first-order valence-corrected chi connectivity index (χ1v) is 6.09. The molecule has 0 radical (unpaired) electrons. The van der Waals surface area contributed by atoms with Gasteiger partial charge in [-0.1, -0.05) is 5.21 Å². The number of rotatable bonds is 3. The highest BCUT2D eigenvalue weighted by molar-refractivity contribution is 9.10. The van der Waals surface area contributed by atoms with Crippen LogP contribution < -0.4 is 4.90 Å². The van der Waals surface area contributed by atoms with E-state index in [1.54, 1.807) is 10.7 Å². The van der Waals surface area contributed by atoms with Crippen LogP contribution >= 0.6 is 15.9 Å². The first-order valence-electron chi connectivity index (χ1n) is 5.30. The molecular weight excluding hydrogens is 270 g/mol. The van der Waals surface area contributed by atoms with E-state index in [1.165, 1.54) is 0 Å². The third kappa shape index (κ3) is 1.67. The Kier molecular flexibility index (Phi) is 3.09. The molecule has 86 valence electrons. The summed E-state index contributed by atoms with van der Waals surface area (Å²) in [4.78, 5) is 6.63. The van der Waals surface area contributed by atoms with E-state index in [-0.39, 0.29) is 0 Å². The van der Waals surface area contributed by atoms with E-state index in [4.69, 9.17) is 0 Å². The van der Waals surface area contributed by atoms with Crippen LogP contribution in [0.2, 0.25) is 0 Å². The van der Waals surface area contributed by atoms with Gasteiger partial charge in [0.15, 0.2) is 11.5 Å². The second kappa shape index (κ2) is 4.37. The van der Waals surface area contributed by atoms with Crippen molar-refractivity contribution in [1.82, 2.24) is 19.8 Å². The van der Waals surface area contributed by atoms with Crippen LogP contribution in [0.25, 0.3) is 5.65 Å². The lowest BCUT2D eigenvalue weighted by atomic mass is 10.4. The fourth-order valence-electron chi connectivity index (χ4n) is 1.73. The SMILES string of the molecule is CCN(CC)c1c(Br)c(C)nc2cnnn12. The summed E-state index contributed by atoms with van der Waals surface area (Å²) in [5.41, 5.74) is 1.74. The number of hydrogen-bond acceptors (Lipinski definition) is 4. The Morgan fingerprint density at radius 1 is 1.38 bits per heavy atom. The van der Waals surface area contributed by atoms with Crippen LogP contribution in [-0.2, 0) is 0 Å². The predicted molar refractivity (Wildman–Crippen MR) is 66.8 cm³/mol. The Morgan fingerprint density at radius 2 is 2.06 bits per heavy atom. The van der Waals surface area contributed by atoms with Crippen molar-refractivity contribution in [3.8, 4) is 0 Å². The quantitative estimate of drug-likeness (QED) is 0.865. The standard InChI is InChI=1S/C10H14BrN5/c1-4-15(5-2)10-9(11)7(3)13-8-6-12-14-16(8)10/h6H,4-5H2,1-3H3. The number of fused-ring (bicyclic) bond motifs is 1. The molecule has 5 nitrogen and oxygen atoms in total. The number of aromatic nitrogens is 4.